The zero-order chi connectivity index (χ0) is 27.6. The third-order valence-electron chi connectivity index (χ3n) is 8.98. The molecule has 2 bridgehead atoms. The molecule has 0 amide bonds. The van der Waals surface area contributed by atoms with Crippen LogP contribution in [0.2, 0.25) is 5.02 Å². The van der Waals surface area contributed by atoms with Crippen LogP contribution >= 0.6 is 11.6 Å². The molecule has 2 aromatic rings. The van der Waals surface area contributed by atoms with Crippen molar-refractivity contribution in [2.75, 3.05) is 44.7 Å². The van der Waals surface area contributed by atoms with Gasteiger partial charge in [-0.05, 0) is 86.5 Å². The number of carbonyl (C=O) groups is 1. The monoisotopic (exact) mass is 552 g/mol. The first-order valence-electron chi connectivity index (χ1n) is 14.3. The van der Waals surface area contributed by atoms with Gasteiger partial charge in [-0.15, -0.1) is 0 Å². The van der Waals surface area contributed by atoms with Crippen LogP contribution in [0.3, 0.4) is 0 Å². The Bertz CT molecular complexity index is 1230. The number of carboxylic acid groups (broad SMARTS) is 1. The lowest BCUT2D eigenvalue weighted by Crippen LogP contribution is -2.47. The zero-order valence-electron chi connectivity index (χ0n) is 23.2. The van der Waals surface area contributed by atoms with Crippen molar-refractivity contribution in [3.05, 3.63) is 70.3 Å². The molecule has 0 aromatic heterocycles. The molecule has 0 fully saturated rings. The van der Waals surface area contributed by atoms with E-state index in [4.69, 9.17) is 16.3 Å². The highest BCUT2D eigenvalue weighted by Crippen LogP contribution is 2.46. The van der Waals surface area contributed by atoms with Gasteiger partial charge in [-0.2, -0.15) is 0 Å². The van der Waals surface area contributed by atoms with E-state index in [2.05, 4.69) is 34.1 Å². The van der Waals surface area contributed by atoms with Crippen molar-refractivity contribution in [3.8, 4) is 5.75 Å². The maximum absolute atomic E-state index is 12.6. The van der Waals surface area contributed by atoms with Crippen molar-refractivity contribution in [2.45, 2.75) is 62.9 Å². The molecule has 1 spiro atoms. The van der Waals surface area contributed by atoms with Gasteiger partial charge in [0.25, 0.3) is 0 Å². The highest BCUT2D eigenvalue weighted by atomic mass is 35.5. The Hall–Kier alpha value is -2.54. The van der Waals surface area contributed by atoms with E-state index in [0.29, 0.717) is 18.7 Å². The SMILES string of the molecule is C[C@H]1CN(C)C/C=C\CCCCCN2C[C@@]3(CCCc4cc(Cl)ccc43)COc3ccc(cc32)[C@]1(O)C(=O)O. The first kappa shape index (κ1) is 28.0. The predicted molar refractivity (Wildman–Crippen MR) is 156 cm³/mol. The summed E-state index contributed by atoms with van der Waals surface area (Å²) in [6, 6.07) is 11.7. The number of halogens is 1. The second-order valence-corrected chi connectivity index (χ2v) is 12.3. The summed E-state index contributed by atoms with van der Waals surface area (Å²) in [5, 5.41) is 22.8. The summed E-state index contributed by atoms with van der Waals surface area (Å²) in [7, 11) is 1.97. The molecular weight excluding hydrogens is 512 g/mol. The number of nitrogens with zero attached hydrogens (tertiary/aromatic N) is 2. The smallest absolute Gasteiger partial charge is 0.340 e. The lowest BCUT2D eigenvalue weighted by Gasteiger charge is -2.41. The number of aliphatic carboxylic acids is 1. The fourth-order valence-corrected chi connectivity index (χ4v) is 6.99. The van der Waals surface area contributed by atoms with E-state index in [1.807, 2.05) is 32.2 Å². The van der Waals surface area contributed by atoms with E-state index in [1.165, 1.54) is 11.1 Å². The fourth-order valence-electron chi connectivity index (χ4n) is 6.79. The van der Waals surface area contributed by atoms with Crippen molar-refractivity contribution in [1.29, 1.82) is 0 Å². The van der Waals surface area contributed by atoms with Crippen LogP contribution in [0.25, 0.3) is 0 Å². The number of ether oxygens (including phenoxy) is 1. The van der Waals surface area contributed by atoms with Gasteiger partial charge in [-0.1, -0.05) is 49.2 Å². The van der Waals surface area contributed by atoms with Gasteiger partial charge >= 0.3 is 5.97 Å². The molecule has 210 valence electrons. The number of hydrogen-bond acceptors (Lipinski definition) is 5. The number of aryl methyl sites for hydroxylation is 1. The average molecular weight is 553 g/mol. The molecule has 6 nitrogen and oxygen atoms in total. The predicted octanol–water partition coefficient (Wildman–Crippen LogP) is 5.78. The largest absolute Gasteiger partial charge is 0.490 e. The second-order valence-electron chi connectivity index (χ2n) is 11.8. The summed E-state index contributed by atoms with van der Waals surface area (Å²) in [6.45, 7) is 5.17. The van der Waals surface area contributed by atoms with Crippen LogP contribution in [0.5, 0.6) is 5.75 Å². The summed E-state index contributed by atoms with van der Waals surface area (Å²) >= 11 is 6.37. The summed E-state index contributed by atoms with van der Waals surface area (Å²) in [4.78, 5) is 17.1. The van der Waals surface area contributed by atoms with Crippen LogP contribution in [-0.2, 0) is 22.2 Å². The van der Waals surface area contributed by atoms with Crippen LogP contribution < -0.4 is 9.64 Å². The number of anilines is 1. The first-order chi connectivity index (χ1) is 18.7. The minimum atomic E-state index is -2.02. The highest BCUT2D eigenvalue weighted by molar-refractivity contribution is 6.30. The molecule has 0 radical (unpaired) electrons. The Balaban J connectivity index is 1.57. The molecule has 0 unspecified atom stereocenters. The Morgan fingerprint density at radius 1 is 1.10 bits per heavy atom. The van der Waals surface area contributed by atoms with E-state index >= 15 is 0 Å². The van der Waals surface area contributed by atoms with E-state index < -0.39 is 17.5 Å². The van der Waals surface area contributed by atoms with Crippen molar-refractivity contribution in [1.82, 2.24) is 4.90 Å². The number of rotatable bonds is 1. The third-order valence-corrected chi connectivity index (χ3v) is 9.22. The molecule has 2 heterocycles. The Morgan fingerprint density at radius 2 is 1.95 bits per heavy atom. The molecule has 1 aliphatic carbocycles. The van der Waals surface area contributed by atoms with Crippen LogP contribution in [0, 0.1) is 5.92 Å². The van der Waals surface area contributed by atoms with Gasteiger partial charge in [0.05, 0.1) is 12.3 Å². The molecule has 39 heavy (non-hydrogen) atoms. The van der Waals surface area contributed by atoms with Gasteiger partial charge in [0.2, 0.25) is 0 Å². The number of aliphatic hydroxyl groups is 1. The van der Waals surface area contributed by atoms with Gasteiger partial charge in [0.15, 0.2) is 5.60 Å². The molecule has 0 saturated carbocycles. The van der Waals surface area contributed by atoms with Crippen molar-refractivity contribution >= 4 is 23.3 Å². The Labute approximate surface area is 237 Å². The molecule has 3 atom stereocenters. The molecule has 2 aliphatic heterocycles. The third kappa shape index (κ3) is 5.57. The number of hydrogen-bond donors (Lipinski definition) is 2. The standard InChI is InChI=1S/C32H41ClN2O4/c1-23-20-34(2)16-7-5-3-4-6-8-17-35-21-31(15-9-10-24-18-26(33)12-13-27(24)31)22-39-29-14-11-25(19-28(29)35)32(23,38)30(36)37/h5,7,11-14,18-19,23,38H,3-4,6,8-10,15-17,20-22H2,1-2H3,(H,36,37)/b7-5-/t23-,31-,32-/m0/s1. The van der Waals surface area contributed by atoms with Crippen molar-refractivity contribution in [2.24, 2.45) is 5.92 Å². The minimum absolute atomic E-state index is 0.181. The summed E-state index contributed by atoms with van der Waals surface area (Å²) in [5.74, 6) is -1.00. The summed E-state index contributed by atoms with van der Waals surface area (Å²) in [6.07, 6.45) is 11.8. The normalized spacial score (nSPS) is 29.2. The number of benzene rings is 2. The summed E-state index contributed by atoms with van der Waals surface area (Å²) < 4.78 is 6.55. The van der Waals surface area contributed by atoms with E-state index in [9.17, 15) is 15.0 Å². The molecule has 5 rings (SSSR count). The zero-order valence-corrected chi connectivity index (χ0v) is 23.9. The van der Waals surface area contributed by atoms with E-state index in [0.717, 1.165) is 81.0 Å². The topological polar surface area (TPSA) is 73.2 Å². The molecule has 2 N–H and O–H groups in total. The Kier molecular flexibility index (Phi) is 8.27. The first-order valence-corrected chi connectivity index (χ1v) is 14.7. The molecule has 7 heteroatoms. The average Bonchev–Trinajstić information content (AvgIpc) is 3.06. The van der Waals surface area contributed by atoms with Crippen molar-refractivity contribution in [3.63, 3.8) is 0 Å². The van der Waals surface area contributed by atoms with Crippen LogP contribution in [0.1, 0.15) is 62.1 Å². The Morgan fingerprint density at radius 3 is 2.77 bits per heavy atom. The molecule has 3 aliphatic rings. The maximum Gasteiger partial charge on any atom is 0.340 e. The van der Waals surface area contributed by atoms with Crippen molar-refractivity contribution < 1.29 is 19.7 Å². The molecular formula is C32H41ClN2O4. The quantitative estimate of drug-likeness (QED) is 0.437. The van der Waals surface area contributed by atoms with Crippen LogP contribution in [-0.4, -0.2) is 60.9 Å². The van der Waals surface area contributed by atoms with Gasteiger partial charge < -0.3 is 24.7 Å². The van der Waals surface area contributed by atoms with Crippen LogP contribution in [0.15, 0.2) is 48.6 Å². The minimum Gasteiger partial charge on any atom is -0.490 e. The van der Waals surface area contributed by atoms with E-state index in [1.54, 1.807) is 6.07 Å². The van der Waals surface area contributed by atoms with Gasteiger partial charge in [-0.25, -0.2) is 4.79 Å². The van der Waals surface area contributed by atoms with Crippen LogP contribution in [0.4, 0.5) is 5.69 Å². The van der Waals surface area contributed by atoms with Gasteiger partial charge in [0, 0.05) is 42.5 Å². The fraction of sp³-hybridized carbons (Fsp3) is 0.531. The molecule has 0 saturated heterocycles. The number of likely N-dealkylation sites (N-methyl/N-ethyl adjacent to an activating group) is 1. The lowest BCUT2D eigenvalue weighted by molar-refractivity contribution is -0.166. The number of fused-ring (bicyclic) bond motifs is 3. The highest BCUT2D eigenvalue weighted by Gasteiger charge is 2.46. The van der Waals surface area contributed by atoms with Gasteiger partial charge in [0.1, 0.15) is 5.75 Å². The second kappa shape index (κ2) is 11.5. The number of allylic oxidation sites excluding steroid dienone is 1. The molecule has 2 aromatic carbocycles. The maximum atomic E-state index is 12.6. The lowest BCUT2D eigenvalue weighted by atomic mass is 9.70. The van der Waals surface area contributed by atoms with E-state index in [-0.39, 0.29) is 5.41 Å². The number of carboxylic acids is 1. The summed E-state index contributed by atoms with van der Waals surface area (Å²) in [5.41, 5.74) is 1.68. The van der Waals surface area contributed by atoms with Gasteiger partial charge in [-0.3, -0.25) is 0 Å².